The standard InChI is InChI=1S/C36H66NO28PS/c37-15-19(44)29(13(9-40)60-33(15)63-30-25(50)22(47)23(48)26(51)31(30)65-66(54,55)57-5-3-1-2-4-6-67)62-35-28(53)21(46)18(43)14(61-35)10-56-36-32(24(49)17(42)12(8-39)59-36)64-34-27(52)20(45)16(41)11(7-38)58-34/h11-36,38-53,67H,1-10,37H2,(H,54,55)/p-1/t11-,12-,13-,14-,15-,16-,17-,18-,19-,20+,21+,22-,23-,24+,25+,26-,27+,28+,29-,30-,31-,32+,33-,34-,35-,36+/m1/s1. The molecule has 5 aliphatic rings. The zero-order chi connectivity index (χ0) is 49.7. The fourth-order valence-corrected chi connectivity index (χ4v) is 9.28. The Balaban J connectivity index is 1.26. The highest BCUT2D eigenvalue weighted by molar-refractivity contribution is 7.80. The Morgan fingerprint density at radius 1 is 0.478 bits per heavy atom. The fourth-order valence-electron chi connectivity index (χ4n) is 8.10. The molecule has 27 atom stereocenters. The number of phosphoric ester groups is 1. The molecule has 0 bridgehead atoms. The van der Waals surface area contributed by atoms with E-state index in [0.717, 1.165) is 12.8 Å². The van der Waals surface area contributed by atoms with Crippen LogP contribution < -0.4 is 10.6 Å². The lowest BCUT2D eigenvalue weighted by Crippen LogP contribution is -2.69. The molecule has 31 heteroatoms. The van der Waals surface area contributed by atoms with Gasteiger partial charge in [0, 0.05) is 0 Å². The van der Waals surface area contributed by atoms with Crippen LogP contribution in [0.1, 0.15) is 25.7 Å². The first-order valence-corrected chi connectivity index (χ1v) is 23.6. The van der Waals surface area contributed by atoms with E-state index >= 15 is 0 Å². The van der Waals surface area contributed by atoms with Crippen molar-refractivity contribution in [3.63, 3.8) is 0 Å². The van der Waals surface area contributed by atoms with E-state index in [9.17, 15) is 91.2 Å². The average molecular weight is 1020 g/mol. The van der Waals surface area contributed by atoms with Crippen molar-refractivity contribution in [1.82, 2.24) is 0 Å². The van der Waals surface area contributed by atoms with Gasteiger partial charge >= 0.3 is 0 Å². The number of phosphoric acid groups is 1. The molecule has 0 amide bonds. The van der Waals surface area contributed by atoms with Crippen LogP contribution in [0.2, 0.25) is 0 Å². The van der Waals surface area contributed by atoms with Gasteiger partial charge in [0.1, 0.15) is 128 Å². The first kappa shape index (κ1) is 57.4. The summed E-state index contributed by atoms with van der Waals surface area (Å²) in [5.41, 5.74) is 6.22. The molecule has 4 aliphatic heterocycles. The molecule has 1 unspecified atom stereocenters. The molecule has 0 spiro atoms. The zero-order valence-corrected chi connectivity index (χ0v) is 37.4. The second-order valence-electron chi connectivity index (χ2n) is 16.8. The van der Waals surface area contributed by atoms with Gasteiger partial charge in [-0.05, 0) is 18.6 Å². The topological polar surface area (TPSA) is 482 Å². The average Bonchev–Trinajstić information content (AvgIpc) is 3.30. The summed E-state index contributed by atoms with van der Waals surface area (Å²) < 4.78 is 67.6. The van der Waals surface area contributed by atoms with Gasteiger partial charge in [0.2, 0.25) is 0 Å². The van der Waals surface area contributed by atoms with E-state index in [1.54, 1.807) is 0 Å². The molecule has 0 aromatic rings. The number of rotatable bonds is 21. The quantitative estimate of drug-likeness (QED) is 0.0288. The number of unbranched alkanes of at least 4 members (excludes halogenated alkanes) is 3. The monoisotopic (exact) mass is 1020 g/mol. The molecule has 0 aromatic carbocycles. The number of hydrogen-bond donors (Lipinski definition) is 18. The summed E-state index contributed by atoms with van der Waals surface area (Å²) in [5, 5.41) is 169. The molecule has 29 nitrogen and oxygen atoms in total. The summed E-state index contributed by atoms with van der Waals surface area (Å²) in [6.45, 7) is -3.97. The molecule has 5 rings (SSSR count). The Morgan fingerprint density at radius 2 is 0.910 bits per heavy atom. The molecule has 4 saturated heterocycles. The van der Waals surface area contributed by atoms with Gasteiger partial charge in [-0.2, -0.15) is 12.6 Å². The van der Waals surface area contributed by atoms with Crippen LogP contribution in [-0.2, 0) is 51.5 Å². The van der Waals surface area contributed by atoms with Crippen LogP contribution in [-0.4, -0.2) is 280 Å². The Labute approximate surface area is 387 Å². The van der Waals surface area contributed by atoms with E-state index in [0.29, 0.717) is 12.2 Å². The molecule has 1 saturated carbocycles. The van der Waals surface area contributed by atoms with Crippen LogP contribution in [0.4, 0.5) is 0 Å². The molecule has 4 heterocycles. The lowest BCUT2D eigenvalue weighted by atomic mass is 9.84. The Bertz CT molecular complexity index is 1530. The highest BCUT2D eigenvalue weighted by atomic mass is 32.1. The third-order valence-corrected chi connectivity index (χ3v) is 13.5. The van der Waals surface area contributed by atoms with Crippen molar-refractivity contribution >= 4 is 20.5 Å². The van der Waals surface area contributed by atoms with Crippen LogP contribution in [0.15, 0.2) is 0 Å². The molecule has 5 fully saturated rings. The molecule has 18 N–H and O–H groups in total. The third kappa shape index (κ3) is 13.4. The first-order chi connectivity index (χ1) is 31.6. The van der Waals surface area contributed by atoms with E-state index in [2.05, 4.69) is 12.6 Å². The van der Waals surface area contributed by atoms with Crippen molar-refractivity contribution in [2.75, 3.05) is 38.8 Å². The summed E-state index contributed by atoms with van der Waals surface area (Å²) in [6.07, 6.45) is -46.2. The Morgan fingerprint density at radius 3 is 1.48 bits per heavy atom. The summed E-state index contributed by atoms with van der Waals surface area (Å²) >= 11 is 4.10. The molecular weight excluding hydrogens is 957 g/mol. The maximum atomic E-state index is 12.8. The lowest BCUT2D eigenvalue weighted by Gasteiger charge is -2.49. The minimum atomic E-state index is -5.31. The highest BCUT2D eigenvalue weighted by Gasteiger charge is 2.57. The van der Waals surface area contributed by atoms with Crippen molar-refractivity contribution in [3.05, 3.63) is 0 Å². The molecular formula is C36H65NO28PS-. The number of ether oxygens (including phenoxy) is 8. The van der Waals surface area contributed by atoms with Gasteiger partial charge in [0.15, 0.2) is 25.2 Å². The molecule has 0 radical (unpaired) electrons. The van der Waals surface area contributed by atoms with E-state index in [-0.39, 0.29) is 13.0 Å². The van der Waals surface area contributed by atoms with E-state index in [1.165, 1.54) is 0 Å². The molecule has 0 aromatic heterocycles. The number of aliphatic hydroxyl groups is 16. The normalized spacial score (nSPS) is 48.5. The lowest BCUT2D eigenvalue weighted by molar-refractivity contribution is -0.377. The number of hydrogen-bond acceptors (Lipinski definition) is 30. The predicted molar refractivity (Wildman–Crippen MR) is 213 cm³/mol. The first-order valence-electron chi connectivity index (χ1n) is 21.5. The minimum Gasteiger partial charge on any atom is -0.756 e. The summed E-state index contributed by atoms with van der Waals surface area (Å²) in [7, 11) is -5.31. The number of thiol groups is 1. The van der Waals surface area contributed by atoms with E-state index < -0.39 is 194 Å². The van der Waals surface area contributed by atoms with E-state index in [1.807, 2.05) is 0 Å². The van der Waals surface area contributed by atoms with Crippen LogP contribution in [0, 0.1) is 0 Å². The largest absolute Gasteiger partial charge is 0.756 e. The van der Waals surface area contributed by atoms with Gasteiger partial charge in [-0.15, -0.1) is 0 Å². The van der Waals surface area contributed by atoms with Gasteiger partial charge in [0.25, 0.3) is 7.82 Å². The Hall–Kier alpha value is -0.540. The predicted octanol–water partition coefficient (Wildman–Crippen LogP) is -10.6. The second-order valence-corrected chi connectivity index (χ2v) is 18.6. The molecule has 394 valence electrons. The third-order valence-electron chi connectivity index (χ3n) is 12.1. The summed E-state index contributed by atoms with van der Waals surface area (Å²) in [4.78, 5) is 12.8. The van der Waals surface area contributed by atoms with Gasteiger partial charge < -0.3 is 139 Å². The van der Waals surface area contributed by atoms with Crippen LogP contribution >= 0.6 is 20.5 Å². The molecule has 1 aliphatic carbocycles. The van der Waals surface area contributed by atoms with Gasteiger partial charge in [-0.3, -0.25) is 4.57 Å². The van der Waals surface area contributed by atoms with Crippen molar-refractivity contribution in [3.8, 4) is 0 Å². The maximum absolute atomic E-state index is 12.8. The van der Waals surface area contributed by atoms with Gasteiger partial charge in [-0.25, -0.2) is 0 Å². The van der Waals surface area contributed by atoms with Crippen molar-refractivity contribution in [2.24, 2.45) is 5.73 Å². The Kier molecular flexibility index (Phi) is 21.8. The number of nitrogens with two attached hydrogens (primary N) is 1. The van der Waals surface area contributed by atoms with Crippen molar-refractivity contribution < 1.29 is 138 Å². The highest BCUT2D eigenvalue weighted by Crippen LogP contribution is 2.44. The summed E-state index contributed by atoms with van der Waals surface area (Å²) in [6, 6.07) is -1.78. The number of aliphatic hydroxyl groups excluding tert-OH is 16. The van der Waals surface area contributed by atoms with E-state index in [4.69, 9.17) is 52.7 Å². The smallest absolute Gasteiger partial charge is 0.268 e. The second kappa shape index (κ2) is 25.4. The summed E-state index contributed by atoms with van der Waals surface area (Å²) in [5.74, 6) is 0.623. The minimum absolute atomic E-state index is 0.289. The molecule has 67 heavy (non-hydrogen) atoms. The van der Waals surface area contributed by atoms with Crippen LogP contribution in [0.5, 0.6) is 0 Å². The van der Waals surface area contributed by atoms with Crippen LogP contribution in [0.3, 0.4) is 0 Å². The van der Waals surface area contributed by atoms with Gasteiger partial charge in [-0.1, -0.05) is 12.8 Å². The van der Waals surface area contributed by atoms with Gasteiger partial charge in [0.05, 0.1) is 39.1 Å². The zero-order valence-electron chi connectivity index (χ0n) is 35.6. The SMILES string of the molecule is N[C@H]1[C@@H](O[C@@H]2[C@@H](O)[C@H](O)[C@@H](O)[C@@H](O)[C@H]2OP(=O)([O-])OCCCCCCS)O[C@H](CO)[C@@H](O[C@H]2O[C@H](CO[C@H]3O[C@H](CO)[C@@H](O)[C@H](O)[C@@H]3O[C@H]3O[C@H](CO)[C@@H](O)[C@H](O)[C@@H]3O)[C@@H](O)[C@H](O)[C@@H]2O)[C@@H]1O. The fraction of sp³-hybridized carbons (Fsp3) is 1.00. The van der Waals surface area contributed by atoms with Crippen molar-refractivity contribution in [2.45, 2.75) is 185 Å². The van der Waals surface area contributed by atoms with Crippen molar-refractivity contribution in [1.29, 1.82) is 0 Å². The van der Waals surface area contributed by atoms with Crippen LogP contribution in [0.25, 0.3) is 0 Å². The maximum Gasteiger partial charge on any atom is 0.268 e.